The minimum absolute atomic E-state index is 0.00652. The normalized spacial score (nSPS) is 22.6. The van der Waals surface area contributed by atoms with Gasteiger partial charge in [0.1, 0.15) is 30.2 Å². The van der Waals surface area contributed by atoms with Crippen LogP contribution in [0.1, 0.15) is 91.9 Å². The number of aliphatic carboxylic acids is 1. The number of hydrogen-bond donors (Lipinski definition) is 7. The van der Waals surface area contributed by atoms with E-state index < -0.39 is 59.9 Å². The lowest BCUT2D eigenvalue weighted by atomic mass is 10.0. The van der Waals surface area contributed by atoms with Crippen molar-refractivity contribution in [3.8, 4) is 0 Å². The Kier molecular flexibility index (Phi) is 14.6. The molecule has 0 aliphatic carbocycles. The number of carbonyl (C=O) groups excluding carboxylic acids is 5. The van der Waals surface area contributed by atoms with Gasteiger partial charge in [0.15, 0.2) is 5.96 Å². The smallest absolute Gasteiger partial charge is 0.326 e. The summed E-state index contributed by atoms with van der Waals surface area (Å²) in [5, 5.41) is 25.3. The molecule has 16 heteroatoms. The SMILES string of the molecule is CC(C)C[C@H](NC(=O)[C@H](CCCNC(=N)N)NC(=O)[C@@H]1CCCN1C(=O)[C@@H]1CCCN1C(=O)[C@@H](N)CC(C)C)C(=O)N1CCC[C@H]1C(=O)O. The van der Waals surface area contributed by atoms with Crippen LogP contribution in [0.4, 0.5) is 0 Å². The first-order valence-electron chi connectivity index (χ1n) is 17.7. The molecule has 6 atom stereocenters. The van der Waals surface area contributed by atoms with Crippen LogP contribution in [-0.4, -0.2) is 124 Å². The third-order valence-corrected chi connectivity index (χ3v) is 9.46. The van der Waals surface area contributed by atoms with Gasteiger partial charge < -0.3 is 47.2 Å². The molecule has 3 fully saturated rings. The van der Waals surface area contributed by atoms with Crippen LogP contribution in [0.25, 0.3) is 0 Å². The largest absolute Gasteiger partial charge is 0.480 e. The molecule has 3 aliphatic heterocycles. The number of guanidine groups is 1. The van der Waals surface area contributed by atoms with Crippen molar-refractivity contribution in [3.05, 3.63) is 0 Å². The van der Waals surface area contributed by atoms with Crippen molar-refractivity contribution in [2.24, 2.45) is 23.3 Å². The van der Waals surface area contributed by atoms with E-state index in [0.717, 1.165) is 0 Å². The molecule has 0 spiro atoms. The van der Waals surface area contributed by atoms with Crippen LogP contribution >= 0.6 is 0 Å². The topological polar surface area (TPSA) is 244 Å². The molecule has 0 bridgehead atoms. The molecule has 49 heavy (non-hydrogen) atoms. The first-order chi connectivity index (χ1) is 23.1. The van der Waals surface area contributed by atoms with Gasteiger partial charge in [0.2, 0.25) is 29.5 Å². The van der Waals surface area contributed by atoms with Gasteiger partial charge in [-0.2, -0.15) is 0 Å². The van der Waals surface area contributed by atoms with Crippen LogP contribution in [0.3, 0.4) is 0 Å². The van der Waals surface area contributed by atoms with Gasteiger partial charge in [-0.05, 0) is 76.0 Å². The van der Waals surface area contributed by atoms with Crippen LogP contribution in [0.2, 0.25) is 0 Å². The van der Waals surface area contributed by atoms with E-state index in [1.807, 2.05) is 27.7 Å². The lowest BCUT2D eigenvalue weighted by Crippen LogP contribution is -2.59. The average Bonchev–Trinajstić information content (AvgIpc) is 3.81. The summed E-state index contributed by atoms with van der Waals surface area (Å²) in [7, 11) is 0. The van der Waals surface area contributed by atoms with Crippen LogP contribution < -0.4 is 27.4 Å². The van der Waals surface area contributed by atoms with Crippen molar-refractivity contribution in [3.63, 3.8) is 0 Å². The molecule has 0 aromatic rings. The number of carbonyl (C=O) groups is 6. The number of hydrogen-bond acceptors (Lipinski definition) is 8. The Balaban J connectivity index is 1.76. The highest BCUT2D eigenvalue weighted by atomic mass is 16.4. The maximum absolute atomic E-state index is 13.8. The van der Waals surface area contributed by atoms with Crippen LogP contribution in [0.15, 0.2) is 0 Å². The summed E-state index contributed by atoms with van der Waals surface area (Å²) < 4.78 is 0. The second kappa shape index (κ2) is 18.2. The number of amides is 5. The van der Waals surface area contributed by atoms with E-state index in [1.54, 1.807) is 4.90 Å². The molecule has 0 aromatic heterocycles. The lowest BCUT2D eigenvalue weighted by Gasteiger charge is -2.33. The molecule has 0 unspecified atom stereocenters. The minimum atomic E-state index is -1.09. The van der Waals surface area contributed by atoms with Gasteiger partial charge in [-0.3, -0.25) is 29.4 Å². The van der Waals surface area contributed by atoms with Crippen LogP contribution in [0, 0.1) is 17.2 Å². The van der Waals surface area contributed by atoms with Gasteiger partial charge >= 0.3 is 5.97 Å². The molecule has 3 aliphatic rings. The number of carboxylic acid groups (broad SMARTS) is 1. The maximum Gasteiger partial charge on any atom is 0.326 e. The van der Waals surface area contributed by atoms with Gasteiger partial charge in [0.05, 0.1) is 6.04 Å². The molecular weight excluding hydrogens is 634 g/mol. The molecule has 3 rings (SSSR count). The van der Waals surface area contributed by atoms with Crippen LogP contribution in [0.5, 0.6) is 0 Å². The Hall–Kier alpha value is -3.95. The number of likely N-dealkylation sites (tertiary alicyclic amines) is 3. The highest BCUT2D eigenvalue weighted by molar-refractivity contribution is 5.97. The van der Waals surface area contributed by atoms with Crippen molar-refractivity contribution < 1.29 is 33.9 Å². The highest BCUT2D eigenvalue weighted by Gasteiger charge is 2.44. The van der Waals surface area contributed by atoms with Gasteiger partial charge in [0.25, 0.3) is 0 Å². The molecule has 9 N–H and O–H groups in total. The molecule has 5 amide bonds. The minimum Gasteiger partial charge on any atom is -0.480 e. The lowest BCUT2D eigenvalue weighted by molar-refractivity contribution is -0.149. The monoisotopic (exact) mass is 691 g/mol. The van der Waals surface area contributed by atoms with Crippen molar-refractivity contribution in [2.75, 3.05) is 26.2 Å². The molecule has 0 saturated carbocycles. The van der Waals surface area contributed by atoms with E-state index in [4.69, 9.17) is 16.9 Å². The second-order valence-corrected chi connectivity index (χ2v) is 14.4. The predicted octanol–water partition coefficient (Wildman–Crippen LogP) is -0.304. The fraction of sp³-hybridized carbons (Fsp3) is 0.788. The van der Waals surface area contributed by atoms with E-state index in [9.17, 15) is 33.9 Å². The highest BCUT2D eigenvalue weighted by Crippen LogP contribution is 2.26. The fourth-order valence-electron chi connectivity index (χ4n) is 7.12. The third-order valence-electron chi connectivity index (χ3n) is 9.46. The van der Waals surface area contributed by atoms with E-state index in [1.165, 1.54) is 9.80 Å². The summed E-state index contributed by atoms with van der Waals surface area (Å²) in [6.45, 7) is 9.02. The van der Waals surface area contributed by atoms with Crippen LogP contribution in [-0.2, 0) is 28.8 Å². The molecule has 16 nitrogen and oxygen atoms in total. The zero-order chi connectivity index (χ0) is 36.4. The summed E-state index contributed by atoms with van der Waals surface area (Å²) in [5.41, 5.74) is 11.6. The third kappa shape index (κ3) is 10.8. The second-order valence-electron chi connectivity index (χ2n) is 14.4. The summed E-state index contributed by atoms with van der Waals surface area (Å²) in [4.78, 5) is 84.3. The van der Waals surface area contributed by atoms with E-state index in [0.29, 0.717) is 64.5 Å². The number of rotatable bonds is 16. The first kappa shape index (κ1) is 39.5. The van der Waals surface area contributed by atoms with Crippen molar-refractivity contribution in [2.45, 2.75) is 128 Å². The average molecular weight is 692 g/mol. The van der Waals surface area contributed by atoms with Gasteiger partial charge in [0, 0.05) is 26.2 Å². The Bertz CT molecular complexity index is 1230. The molecule has 0 radical (unpaired) electrons. The number of nitrogens with one attached hydrogen (secondary N) is 4. The van der Waals surface area contributed by atoms with Crippen molar-refractivity contribution >= 4 is 41.5 Å². The quantitative estimate of drug-likeness (QED) is 0.0633. The predicted molar refractivity (Wildman–Crippen MR) is 182 cm³/mol. The number of carboxylic acids is 1. The van der Waals surface area contributed by atoms with E-state index in [2.05, 4.69) is 16.0 Å². The Labute approximate surface area is 288 Å². The standard InChI is InChI=1S/C33H57N9O7/c1-19(2)17-21(34)29(45)41-15-7-11-25(41)31(47)40-14-6-10-24(40)28(44)38-22(9-5-13-37-33(35)36)27(43)39-23(18-20(3)4)30(46)42-16-8-12-26(42)32(48)49/h19-26H,5-18,34H2,1-4H3,(H,38,44)(H,39,43)(H,48,49)(H4,35,36,37)/t21-,22-,23-,24-,25-,26-/m0/s1. The van der Waals surface area contributed by atoms with Crippen molar-refractivity contribution in [1.82, 2.24) is 30.7 Å². The summed E-state index contributed by atoms with van der Waals surface area (Å²) in [6.07, 6.45) is 4.20. The van der Waals surface area contributed by atoms with Gasteiger partial charge in [-0.15, -0.1) is 0 Å². The Morgan fingerprint density at radius 3 is 1.90 bits per heavy atom. The number of nitrogens with zero attached hydrogens (tertiary/aromatic N) is 3. The molecule has 3 saturated heterocycles. The van der Waals surface area contributed by atoms with E-state index >= 15 is 0 Å². The van der Waals surface area contributed by atoms with Crippen molar-refractivity contribution in [1.29, 1.82) is 5.41 Å². The first-order valence-corrected chi connectivity index (χ1v) is 17.7. The zero-order valence-corrected chi connectivity index (χ0v) is 29.4. The summed E-state index contributed by atoms with van der Waals surface area (Å²) in [5.74, 6) is -3.31. The number of nitrogens with two attached hydrogens (primary N) is 2. The van der Waals surface area contributed by atoms with E-state index in [-0.39, 0.29) is 55.5 Å². The fourth-order valence-corrected chi connectivity index (χ4v) is 7.12. The molecule has 0 aromatic carbocycles. The Morgan fingerprint density at radius 1 is 0.776 bits per heavy atom. The molecular formula is C33H57N9O7. The van der Waals surface area contributed by atoms with Gasteiger partial charge in [-0.25, -0.2) is 4.79 Å². The molecule has 3 heterocycles. The summed E-state index contributed by atoms with van der Waals surface area (Å²) in [6, 6.07) is -5.33. The summed E-state index contributed by atoms with van der Waals surface area (Å²) >= 11 is 0. The molecule has 276 valence electrons. The van der Waals surface area contributed by atoms with Gasteiger partial charge in [-0.1, -0.05) is 27.7 Å². The zero-order valence-electron chi connectivity index (χ0n) is 29.4. The Morgan fingerprint density at radius 2 is 1.33 bits per heavy atom. The maximum atomic E-state index is 13.8.